The van der Waals surface area contributed by atoms with Gasteiger partial charge in [-0.15, -0.1) is 0 Å². The molecule has 1 N–H and O–H groups in total. The number of nitrogens with zero attached hydrogens (tertiary/aromatic N) is 2. The summed E-state index contributed by atoms with van der Waals surface area (Å²) in [6.07, 6.45) is -0.00918. The van der Waals surface area contributed by atoms with E-state index < -0.39 is 6.10 Å². The van der Waals surface area contributed by atoms with Crippen LogP contribution in [0.15, 0.2) is 53.7 Å². The molecule has 3 rings (SSSR count). The Kier molecular flexibility index (Phi) is 8.54. The van der Waals surface area contributed by atoms with Crippen molar-refractivity contribution in [2.24, 2.45) is 5.16 Å². The minimum absolute atomic E-state index is 0.0954. The van der Waals surface area contributed by atoms with E-state index in [4.69, 9.17) is 25.9 Å². The standard InChI is InChI=1S/C25H33ClN2O4/c1-25(2,3)31-17-21(29)15-28(14-18-6-5-7-22(12-18)30-4)16-23-13-24(27-32-23)19-8-10-20(26)11-9-19/h5-12,21,23,29H,13-17H2,1-4H3/t21-,23+/m1/s1. The van der Waals surface area contributed by atoms with Crippen molar-refractivity contribution in [3.63, 3.8) is 0 Å². The van der Waals surface area contributed by atoms with Crippen LogP contribution < -0.4 is 4.74 Å². The molecule has 174 valence electrons. The Labute approximate surface area is 195 Å². The Morgan fingerprint density at radius 3 is 2.66 bits per heavy atom. The van der Waals surface area contributed by atoms with Crippen molar-refractivity contribution < 1.29 is 19.4 Å². The van der Waals surface area contributed by atoms with Gasteiger partial charge in [0.1, 0.15) is 11.9 Å². The van der Waals surface area contributed by atoms with Gasteiger partial charge in [-0.1, -0.05) is 41.0 Å². The molecular formula is C25H33ClN2O4. The van der Waals surface area contributed by atoms with Gasteiger partial charge in [0, 0.05) is 31.1 Å². The van der Waals surface area contributed by atoms with Gasteiger partial charge >= 0.3 is 0 Å². The van der Waals surface area contributed by atoms with Crippen LogP contribution in [0.1, 0.15) is 38.3 Å². The quantitative estimate of drug-likeness (QED) is 0.564. The fourth-order valence-corrected chi connectivity index (χ4v) is 3.68. The first-order valence-corrected chi connectivity index (χ1v) is 11.3. The topological polar surface area (TPSA) is 63.5 Å². The number of oxime groups is 1. The lowest BCUT2D eigenvalue weighted by Crippen LogP contribution is -2.40. The highest BCUT2D eigenvalue weighted by Gasteiger charge is 2.26. The van der Waals surface area contributed by atoms with Crippen molar-refractivity contribution in [3.8, 4) is 5.75 Å². The Morgan fingerprint density at radius 1 is 1.22 bits per heavy atom. The number of halogens is 1. The number of hydrogen-bond acceptors (Lipinski definition) is 6. The molecule has 0 spiro atoms. The average molecular weight is 461 g/mol. The number of benzene rings is 2. The number of methoxy groups -OCH3 is 1. The molecule has 6 nitrogen and oxygen atoms in total. The van der Waals surface area contributed by atoms with E-state index in [-0.39, 0.29) is 18.3 Å². The van der Waals surface area contributed by atoms with Crippen molar-refractivity contribution in [2.75, 3.05) is 26.8 Å². The van der Waals surface area contributed by atoms with E-state index in [9.17, 15) is 5.11 Å². The maximum absolute atomic E-state index is 10.6. The molecule has 2 aromatic rings. The van der Waals surface area contributed by atoms with Crippen molar-refractivity contribution in [3.05, 3.63) is 64.7 Å². The fourth-order valence-electron chi connectivity index (χ4n) is 3.56. The molecule has 1 aliphatic heterocycles. The summed E-state index contributed by atoms with van der Waals surface area (Å²) in [5, 5.41) is 15.6. The van der Waals surface area contributed by atoms with Gasteiger partial charge in [-0.3, -0.25) is 4.90 Å². The van der Waals surface area contributed by atoms with E-state index >= 15 is 0 Å². The number of aliphatic hydroxyl groups excluding tert-OH is 1. The third-order valence-electron chi connectivity index (χ3n) is 5.09. The van der Waals surface area contributed by atoms with Gasteiger partial charge in [0.15, 0.2) is 0 Å². The molecular weight excluding hydrogens is 428 g/mol. The Morgan fingerprint density at radius 2 is 1.97 bits per heavy atom. The summed E-state index contributed by atoms with van der Waals surface area (Å²) in [5.74, 6) is 0.810. The first kappa shape index (κ1) is 24.5. The largest absolute Gasteiger partial charge is 0.497 e. The van der Waals surface area contributed by atoms with Crippen molar-refractivity contribution in [1.29, 1.82) is 0 Å². The van der Waals surface area contributed by atoms with E-state index in [0.717, 1.165) is 22.6 Å². The van der Waals surface area contributed by atoms with Crippen molar-refractivity contribution in [2.45, 2.75) is 51.5 Å². The lowest BCUT2D eigenvalue weighted by atomic mass is 10.0. The van der Waals surface area contributed by atoms with E-state index in [1.807, 2.05) is 63.2 Å². The van der Waals surface area contributed by atoms with Crippen LogP contribution >= 0.6 is 11.6 Å². The molecule has 32 heavy (non-hydrogen) atoms. The van der Waals surface area contributed by atoms with Crippen LogP contribution in [0.4, 0.5) is 0 Å². The van der Waals surface area contributed by atoms with Gasteiger partial charge in [0.05, 0.1) is 31.1 Å². The zero-order valence-electron chi connectivity index (χ0n) is 19.3. The lowest BCUT2D eigenvalue weighted by molar-refractivity contribution is -0.0600. The maximum atomic E-state index is 10.6. The van der Waals surface area contributed by atoms with Gasteiger partial charge in [0.25, 0.3) is 0 Å². The Hall–Kier alpha value is -2.12. The van der Waals surface area contributed by atoms with Gasteiger partial charge in [-0.05, 0) is 56.2 Å². The van der Waals surface area contributed by atoms with Gasteiger partial charge in [0.2, 0.25) is 0 Å². The molecule has 7 heteroatoms. The second-order valence-electron chi connectivity index (χ2n) is 9.10. The highest BCUT2D eigenvalue weighted by molar-refractivity contribution is 6.30. The number of ether oxygens (including phenoxy) is 2. The molecule has 2 atom stereocenters. The number of hydrogen-bond donors (Lipinski definition) is 1. The fraction of sp³-hybridized carbons (Fsp3) is 0.480. The Bertz CT molecular complexity index is 896. The summed E-state index contributed by atoms with van der Waals surface area (Å²) in [5.41, 5.74) is 2.72. The van der Waals surface area contributed by atoms with E-state index in [1.54, 1.807) is 7.11 Å². The SMILES string of the molecule is COc1cccc(CN(C[C@@H](O)COC(C)(C)C)C[C@@H]2CC(c3ccc(Cl)cc3)=NO2)c1. The molecule has 0 bridgehead atoms. The lowest BCUT2D eigenvalue weighted by Gasteiger charge is -2.28. The number of aliphatic hydroxyl groups is 1. The van der Waals surface area contributed by atoms with Crippen LogP contribution in [0.25, 0.3) is 0 Å². The monoisotopic (exact) mass is 460 g/mol. The van der Waals surface area contributed by atoms with Crippen molar-refractivity contribution in [1.82, 2.24) is 4.90 Å². The van der Waals surface area contributed by atoms with Crippen LogP contribution in [0.5, 0.6) is 5.75 Å². The first-order chi connectivity index (χ1) is 15.2. The molecule has 1 aliphatic rings. The maximum Gasteiger partial charge on any atom is 0.145 e. The Balaban J connectivity index is 1.64. The molecule has 0 unspecified atom stereocenters. The summed E-state index contributed by atoms with van der Waals surface area (Å²) in [6.45, 7) is 7.96. The summed E-state index contributed by atoms with van der Waals surface area (Å²) in [6, 6.07) is 15.6. The van der Waals surface area contributed by atoms with Gasteiger partial charge in [-0.25, -0.2) is 0 Å². The minimum Gasteiger partial charge on any atom is -0.497 e. The highest BCUT2D eigenvalue weighted by Crippen LogP contribution is 2.21. The molecule has 0 aromatic heterocycles. The highest BCUT2D eigenvalue weighted by atomic mass is 35.5. The van der Waals surface area contributed by atoms with Crippen LogP contribution in [-0.2, 0) is 16.1 Å². The summed E-state index contributed by atoms with van der Waals surface area (Å²) >= 11 is 6.00. The summed E-state index contributed by atoms with van der Waals surface area (Å²) < 4.78 is 11.1. The zero-order chi connectivity index (χ0) is 23.1. The minimum atomic E-state index is -0.613. The molecule has 0 saturated heterocycles. The summed E-state index contributed by atoms with van der Waals surface area (Å²) in [4.78, 5) is 7.91. The van der Waals surface area contributed by atoms with Gasteiger partial charge < -0.3 is 19.4 Å². The van der Waals surface area contributed by atoms with Gasteiger partial charge in [-0.2, -0.15) is 0 Å². The van der Waals surface area contributed by atoms with Crippen LogP contribution in [0.2, 0.25) is 5.02 Å². The molecule has 0 amide bonds. The molecule has 0 saturated carbocycles. The van der Waals surface area contributed by atoms with E-state index in [0.29, 0.717) is 31.1 Å². The summed E-state index contributed by atoms with van der Waals surface area (Å²) in [7, 11) is 1.66. The molecule has 0 fully saturated rings. The predicted molar refractivity (Wildman–Crippen MR) is 127 cm³/mol. The molecule has 0 radical (unpaired) electrons. The normalized spacial score (nSPS) is 17.2. The first-order valence-electron chi connectivity index (χ1n) is 10.9. The number of rotatable bonds is 10. The molecule has 1 heterocycles. The zero-order valence-corrected chi connectivity index (χ0v) is 20.0. The van der Waals surface area contributed by atoms with Crippen LogP contribution in [0, 0.1) is 0 Å². The predicted octanol–water partition coefficient (Wildman–Crippen LogP) is 4.52. The second-order valence-corrected chi connectivity index (χ2v) is 9.54. The van der Waals surface area contributed by atoms with Crippen molar-refractivity contribution >= 4 is 17.3 Å². The van der Waals surface area contributed by atoms with E-state index in [1.165, 1.54) is 0 Å². The van der Waals surface area contributed by atoms with Crippen LogP contribution in [0.3, 0.4) is 0 Å². The smallest absolute Gasteiger partial charge is 0.145 e. The molecule has 2 aromatic carbocycles. The second kappa shape index (κ2) is 11.1. The molecule has 0 aliphatic carbocycles. The third-order valence-corrected chi connectivity index (χ3v) is 5.34. The van der Waals surface area contributed by atoms with E-state index in [2.05, 4.69) is 16.1 Å². The average Bonchev–Trinajstić information content (AvgIpc) is 3.21. The van der Waals surface area contributed by atoms with Crippen LogP contribution in [-0.4, -0.2) is 60.3 Å². The third kappa shape index (κ3) is 7.78.